The van der Waals surface area contributed by atoms with E-state index >= 15 is 0 Å². The van der Waals surface area contributed by atoms with Crippen molar-refractivity contribution in [1.82, 2.24) is 4.57 Å². The van der Waals surface area contributed by atoms with Crippen LogP contribution in [-0.2, 0) is 6.54 Å². The molecule has 0 N–H and O–H groups in total. The zero-order valence-corrected chi connectivity index (χ0v) is 8.33. The highest BCUT2D eigenvalue weighted by Gasteiger charge is 2.20. The fraction of sp³-hybridized carbons (Fsp3) is 0.500. The molecule has 1 aliphatic carbocycles. The van der Waals surface area contributed by atoms with E-state index in [9.17, 15) is 4.79 Å². The summed E-state index contributed by atoms with van der Waals surface area (Å²) in [6.45, 7) is 0.142. The summed E-state index contributed by atoms with van der Waals surface area (Å²) in [5, 5.41) is 3.41. The highest BCUT2D eigenvalue weighted by atomic mass is 16.1. The number of pyridine rings is 1. The average Bonchev–Trinajstić information content (AvgIpc) is 2.17. The molecule has 1 saturated carbocycles. The minimum atomic E-state index is -0.0189. The molecular formula is C10H12N4O. The summed E-state index contributed by atoms with van der Waals surface area (Å²) < 4.78 is 1.76. The van der Waals surface area contributed by atoms with Crippen LogP contribution < -0.4 is 5.56 Å². The lowest BCUT2D eigenvalue weighted by atomic mass is 9.92. The smallest absolute Gasteiger partial charge is 0.254 e. The van der Waals surface area contributed by atoms with Gasteiger partial charge in [0.25, 0.3) is 5.56 Å². The van der Waals surface area contributed by atoms with Crippen LogP contribution in [0.5, 0.6) is 0 Å². The van der Waals surface area contributed by atoms with Crippen LogP contribution >= 0.6 is 0 Å². The number of aromatic nitrogens is 1. The van der Waals surface area contributed by atoms with Gasteiger partial charge in [0, 0.05) is 22.7 Å². The summed E-state index contributed by atoms with van der Waals surface area (Å²) in [5.74, 6) is 0. The molecule has 0 amide bonds. The second-order valence-electron chi connectivity index (χ2n) is 3.72. The van der Waals surface area contributed by atoms with Gasteiger partial charge in [0.2, 0.25) is 0 Å². The third-order valence-electron chi connectivity index (χ3n) is 2.83. The Morgan fingerprint density at radius 2 is 2.40 bits per heavy atom. The van der Waals surface area contributed by atoms with Gasteiger partial charge in [-0.3, -0.25) is 4.79 Å². The van der Waals surface area contributed by atoms with Crippen molar-refractivity contribution in [2.24, 2.45) is 5.11 Å². The minimum Gasteiger partial charge on any atom is -0.312 e. The largest absolute Gasteiger partial charge is 0.312 e. The maximum atomic E-state index is 11.9. The van der Waals surface area contributed by atoms with E-state index in [0.717, 1.165) is 12.8 Å². The minimum absolute atomic E-state index is 0.0189. The molecule has 0 saturated heterocycles. The maximum Gasteiger partial charge on any atom is 0.254 e. The summed E-state index contributed by atoms with van der Waals surface area (Å²) in [7, 11) is 0. The Balaban J connectivity index is 2.32. The fourth-order valence-electron chi connectivity index (χ4n) is 1.74. The second kappa shape index (κ2) is 4.19. The van der Waals surface area contributed by atoms with E-state index in [1.807, 2.05) is 12.3 Å². The second-order valence-corrected chi connectivity index (χ2v) is 3.72. The third kappa shape index (κ3) is 1.87. The Hall–Kier alpha value is -1.74. The third-order valence-corrected chi connectivity index (χ3v) is 2.83. The lowest BCUT2D eigenvalue weighted by Crippen LogP contribution is -2.30. The van der Waals surface area contributed by atoms with Crippen molar-refractivity contribution < 1.29 is 0 Å². The van der Waals surface area contributed by atoms with Gasteiger partial charge in [-0.15, -0.1) is 0 Å². The van der Waals surface area contributed by atoms with Crippen LogP contribution in [0.15, 0.2) is 28.2 Å². The Morgan fingerprint density at radius 3 is 3.00 bits per heavy atom. The number of hydrogen-bond donors (Lipinski definition) is 0. The Kier molecular flexibility index (Phi) is 2.74. The molecule has 5 heteroatoms. The molecule has 5 nitrogen and oxygen atoms in total. The van der Waals surface area contributed by atoms with E-state index in [1.165, 1.54) is 6.42 Å². The molecule has 2 rings (SSSR count). The lowest BCUT2D eigenvalue weighted by molar-refractivity contribution is 0.305. The van der Waals surface area contributed by atoms with Crippen molar-refractivity contribution in [2.45, 2.75) is 31.8 Å². The van der Waals surface area contributed by atoms with Crippen LogP contribution in [0.4, 0.5) is 0 Å². The number of hydrogen-bond acceptors (Lipinski definition) is 2. The molecule has 0 atom stereocenters. The topological polar surface area (TPSA) is 70.8 Å². The molecule has 0 spiro atoms. The Labute approximate surface area is 87.0 Å². The molecule has 1 fully saturated rings. The Morgan fingerprint density at radius 1 is 1.60 bits per heavy atom. The van der Waals surface area contributed by atoms with Crippen molar-refractivity contribution in [1.29, 1.82) is 0 Å². The van der Waals surface area contributed by atoms with Gasteiger partial charge < -0.3 is 4.57 Å². The van der Waals surface area contributed by atoms with Crippen molar-refractivity contribution in [3.8, 4) is 0 Å². The molecule has 0 unspecified atom stereocenters. The molecule has 1 heterocycles. The molecule has 1 aromatic heterocycles. The van der Waals surface area contributed by atoms with E-state index in [1.54, 1.807) is 10.6 Å². The predicted octanol–water partition coefficient (Wildman–Crippen LogP) is 2.38. The predicted molar refractivity (Wildman–Crippen MR) is 56.4 cm³/mol. The summed E-state index contributed by atoms with van der Waals surface area (Å²) in [4.78, 5) is 14.5. The molecule has 78 valence electrons. The lowest BCUT2D eigenvalue weighted by Gasteiger charge is -2.27. The van der Waals surface area contributed by atoms with Gasteiger partial charge >= 0.3 is 0 Å². The molecule has 1 aromatic rings. The van der Waals surface area contributed by atoms with Gasteiger partial charge in [-0.2, -0.15) is 0 Å². The highest BCUT2D eigenvalue weighted by Crippen LogP contribution is 2.29. The molecule has 0 radical (unpaired) electrons. The molecule has 0 aromatic carbocycles. The SMILES string of the molecule is [N-]=[N+]=NCc1cccn(C2CCC2)c1=O. The van der Waals surface area contributed by atoms with Gasteiger partial charge in [-0.1, -0.05) is 11.2 Å². The van der Waals surface area contributed by atoms with Crippen molar-refractivity contribution in [2.75, 3.05) is 0 Å². The molecule has 0 bridgehead atoms. The standard InChI is InChI=1S/C10H12N4O/c11-13-12-7-8-3-2-6-14(10(8)15)9-4-1-5-9/h2-3,6,9H,1,4-5,7H2. The van der Waals surface area contributed by atoms with Gasteiger partial charge in [0.1, 0.15) is 0 Å². The average molecular weight is 204 g/mol. The molecule has 0 aliphatic heterocycles. The maximum absolute atomic E-state index is 11.9. The number of rotatable bonds is 3. The summed E-state index contributed by atoms with van der Waals surface area (Å²) in [6.07, 6.45) is 5.15. The van der Waals surface area contributed by atoms with Crippen LogP contribution in [0.1, 0.15) is 30.9 Å². The molecular weight excluding hydrogens is 192 g/mol. The first-order chi connectivity index (χ1) is 7.33. The highest BCUT2D eigenvalue weighted by molar-refractivity contribution is 5.11. The normalized spacial score (nSPS) is 15.5. The van der Waals surface area contributed by atoms with E-state index in [0.29, 0.717) is 11.6 Å². The fourth-order valence-corrected chi connectivity index (χ4v) is 1.74. The zero-order chi connectivity index (χ0) is 10.7. The first-order valence-corrected chi connectivity index (χ1v) is 5.04. The summed E-state index contributed by atoms with van der Waals surface area (Å²) >= 11 is 0. The zero-order valence-electron chi connectivity index (χ0n) is 8.33. The quantitative estimate of drug-likeness (QED) is 0.423. The van der Waals surface area contributed by atoms with E-state index < -0.39 is 0 Å². The van der Waals surface area contributed by atoms with Gasteiger partial charge in [0.15, 0.2) is 0 Å². The van der Waals surface area contributed by atoms with Gasteiger partial charge in [-0.25, -0.2) is 0 Å². The van der Waals surface area contributed by atoms with Crippen LogP contribution in [0.2, 0.25) is 0 Å². The first kappa shape index (κ1) is 9.80. The summed E-state index contributed by atoms with van der Waals surface area (Å²) in [5.41, 5.74) is 8.76. The van der Waals surface area contributed by atoms with Gasteiger partial charge in [0.05, 0.1) is 6.54 Å². The number of nitrogens with zero attached hydrogens (tertiary/aromatic N) is 4. The van der Waals surface area contributed by atoms with Gasteiger partial charge in [-0.05, 0) is 30.9 Å². The van der Waals surface area contributed by atoms with Crippen LogP contribution in [0.3, 0.4) is 0 Å². The first-order valence-electron chi connectivity index (χ1n) is 5.04. The van der Waals surface area contributed by atoms with Crippen molar-refractivity contribution in [3.05, 3.63) is 44.7 Å². The summed E-state index contributed by atoms with van der Waals surface area (Å²) in [6, 6.07) is 3.90. The van der Waals surface area contributed by atoms with Crippen LogP contribution in [0.25, 0.3) is 10.4 Å². The number of azide groups is 1. The molecule has 1 aliphatic rings. The van der Waals surface area contributed by atoms with E-state index in [2.05, 4.69) is 10.0 Å². The van der Waals surface area contributed by atoms with Crippen LogP contribution in [-0.4, -0.2) is 4.57 Å². The van der Waals surface area contributed by atoms with Crippen LogP contribution in [0, 0.1) is 0 Å². The molecule has 15 heavy (non-hydrogen) atoms. The van der Waals surface area contributed by atoms with E-state index in [4.69, 9.17) is 5.53 Å². The monoisotopic (exact) mass is 204 g/mol. The van der Waals surface area contributed by atoms with Crippen molar-refractivity contribution in [3.63, 3.8) is 0 Å². The Bertz CT molecular complexity index is 455. The van der Waals surface area contributed by atoms with Crippen molar-refractivity contribution >= 4 is 0 Å². The van der Waals surface area contributed by atoms with E-state index in [-0.39, 0.29) is 12.1 Å².